The molecule has 0 saturated carbocycles. The molecule has 1 fully saturated rings. The van der Waals surface area contributed by atoms with Gasteiger partial charge >= 0.3 is 0 Å². The third-order valence-electron chi connectivity index (χ3n) is 5.52. The van der Waals surface area contributed by atoms with Crippen LogP contribution in [0, 0.1) is 5.92 Å². The Bertz CT molecular complexity index is 637. The maximum atomic E-state index is 12.5. The van der Waals surface area contributed by atoms with E-state index in [1.807, 2.05) is 4.90 Å². The van der Waals surface area contributed by atoms with E-state index in [4.69, 9.17) is 9.47 Å². The van der Waals surface area contributed by atoms with E-state index >= 15 is 0 Å². The Labute approximate surface area is 210 Å². The number of unbranched alkanes of at least 4 members (excludes halogenated alkanes) is 1. The number of halogens is 1. The Morgan fingerprint density at radius 1 is 1.06 bits per heavy atom. The summed E-state index contributed by atoms with van der Waals surface area (Å²) in [4.78, 5) is 18.7. The number of amides is 1. The molecule has 1 heterocycles. The molecule has 0 aliphatic carbocycles. The minimum absolute atomic E-state index is 0. The van der Waals surface area contributed by atoms with Crippen molar-refractivity contribution in [2.75, 3.05) is 59.7 Å². The predicted molar refractivity (Wildman–Crippen MR) is 141 cm³/mol. The molecular weight excluding hydrogens is 519 g/mol. The van der Waals surface area contributed by atoms with E-state index in [1.54, 1.807) is 7.05 Å². The average Bonchev–Trinajstić information content (AvgIpc) is 2.81. The summed E-state index contributed by atoms with van der Waals surface area (Å²) in [6, 6.07) is 10.6. The van der Waals surface area contributed by atoms with Crippen LogP contribution in [-0.2, 0) is 20.7 Å². The van der Waals surface area contributed by atoms with Crippen LogP contribution < -0.4 is 10.6 Å². The fourth-order valence-corrected chi connectivity index (χ4v) is 3.64. The molecule has 1 aromatic rings. The van der Waals surface area contributed by atoms with Gasteiger partial charge in [-0.05, 0) is 37.2 Å². The van der Waals surface area contributed by atoms with E-state index < -0.39 is 0 Å². The summed E-state index contributed by atoms with van der Waals surface area (Å²) in [5, 5.41) is 6.29. The van der Waals surface area contributed by atoms with Gasteiger partial charge in [-0.2, -0.15) is 0 Å². The zero-order valence-electron chi connectivity index (χ0n) is 19.7. The number of carbonyl (C=O) groups excluding carboxylic acids is 1. The minimum atomic E-state index is 0. The molecule has 0 unspecified atom stereocenters. The number of benzene rings is 1. The highest BCUT2D eigenvalue weighted by Gasteiger charge is 2.22. The molecule has 32 heavy (non-hydrogen) atoms. The molecule has 0 bridgehead atoms. The number of piperidine rings is 1. The van der Waals surface area contributed by atoms with Gasteiger partial charge in [0, 0.05) is 33.3 Å². The van der Waals surface area contributed by atoms with Gasteiger partial charge < -0.3 is 25.0 Å². The lowest BCUT2D eigenvalue weighted by Gasteiger charge is -2.32. The average molecular weight is 561 g/mol. The number of rotatable bonds is 13. The molecule has 1 saturated heterocycles. The summed E-state index contributed by atoms with van der Waals surface area (Å²) < 4.78 is 11.0. The van der Waals surface area contributed by atoms with Crippen molar-refractivity contribution < 1.29 is 14.3 Å². The lowest BCUT2D eigenvalue weighted by atomic mass is 9.90. The summed E-state index contributed by atoms with van der Waals surface area (Å²) in [5.41, 5.74) is 1.39. The first-order chi connectivity index (χ1) is 15.2. The highest BCUT2D eigenvalue weighted by molar-refractivity contribution is 14.0. The van der Waals surface area contributed by atoms with Gasteiger partial charge in [-0.25, -0.2) is 0 Å². The number of hydrogen-bond acceptors (Lipinski definition) is 4. The number of nitrogens with one attached hydrogen (secondary N) is 2. The van der Waals surface area contributed by atoms with Gasteiger partial charge in [-0.15, -0.1) is 24.0 Å². The molecule has 2 rings (SSSR count). The van der Waals surface area contributed by atoms with Gasteiger partial charge in [0.05, 0.1) is 26.4 Å². The topological polar surface area (TPSA) is 75.2 Å². The van der Waals surface area contributed by atoms with Gasteiger partial charge in [0.1, 0.15) is 0 Å². The molecule has 8 heteroatoms. The number of likely N-dealkylation sites (tertiary alicyclic amines) is 1. The highest BCUT2D eigenvalue weighted by atomic mass is 127. The van der Waals surface area contributed by atoms with Crippen molar-refractivity contribution in [3.63, 3.8) is 0 Å². The Morgan fingerprint density at radius 3 is 2.41 bits per heavy atom. The normalized spacial score (nSPS) is 14.7. The number of carbonyl (C=O) groups is 1. The smallest absolute Gasteiger partial charge is 0.241 e. The highest BCUT2D eigenvalue weighted by Crippen LogP contribution is 2.21. The van der Waals surface area contributed by atoms with E-state index in [2.05, 4.69) is 52.9 Å². The summed E-state index contributed by atoms with van der Waals surface area (Å²) in [6.07, 6.45) is 5.46. The van der Waals surface area contributed by atoms with Crippen LogP contribution in [0.3, 0.4) is 0 Å². The zero-order chi connectivity index (χ0) is 22.2. The number of aliphatic imine (C=N–C) groups is 1. The van der Waals surface area contributed by atoms with Crippen LogP contribution in [0.15, 0.2) is 35.3 Å². The standard InChI is InChI=1S/C24H40N4O3.HI/c1-3-4-15-30-17-18-31-16-12-26-24(25-2)27-20-23(29)28-13-10-22(11-14-28)19-21-8-6-5-7-9-21;/h5-9,22H,3-4,10-20H2,1-2H3,(H2,25,26,27);1H. The molecule has 0 atom stereocenters. The molecule has 1 aromatic carbocycles. The molecule has 0 radical (unpaired) electrons. The third kappa shape index (κ3) is 12.0. The number of nitrogens with zero attached hydrogens (tertiary/aromatic N) is 2. The molecule has 182 valence electrons. The summed E-state index contributed by atoms with van der Waals surface area (Å²) in [6.45, 7) is 7.29. The Morgan fingerprint density at radius 2 is 1.75 bits per heavy atom. The fourth-order valence-electron chi connectivity index (χ4n) is 3.64. The van der Waals surface area contributed by atoms with E-state index in [0.29, 0.717) is 38.2 Å². The second-order valence-corrected chi connectivity index (χ2v) is 7.94. The van der Waals surface area contributed by atoms with Crippen molar-refractivity contribution in [1.82, 2.24) is 15.5 Å². The van der Waals surface area contributed by atoms with E-state index in [1.165, 1.54) is 5.56 Å². The maximum absolute atomic E-state index is 12.5. The monoisotopic (exact) mass is 560 g/mol. The van der Waals surface area contributed by atoms with Gasteiger partial charge in [-0.1, -0.05) is 43.7 Å². The molecule has 1 aliphatic rings. The van der Waals surface area contributed by atoms with Crippen LogP contribution in [-0.4, -0.2) is 76.4 Å². The summed E-state index contributed by atoms with van der Waals surface area (Å²) in [7, 11) is 1.71. The fraction of sp³-hybridized carbons (Fsp3) is 0.667. The Balaban J connectivity index is 0.00000512. The quantitative estimate of drug-likeness (QED) is 0.168. The first-order valence-electron chi connectivity index (χ1n) is 11.6. The first-order valence-corrected chi connectivity index (χ1v) is 11.6. The lowest BCUT2D eigenvalue weighted by Crippen LogP contribution is -2.47. The van der Waals surface area contributed by atoms with Crippen molar-refractivity contribution in [2.24, 2.45) is 10.9 Å². The second kappa shape index (κ2) is 18.1. The van der Waals surface area contributed by atoms with Gasteiger partial charge in [-0.3, -0.25) is 9.79 Å². The van der Waals surface area contributed by atoms with Crippen molar-refractivity contribution in [3.05, 3.63) is 35.9 Å². The zero-order valence-corrected chi connectivity index (χ0v) is 22.0. The van der Waals surface area contributed by atoms with Crippen molar-refractivity contribution in [1.29, 1.82) is 0 Å². The van der Waals surface area contributed by atoms with Crippen LogP contribution in [0.2, 0.25) is 0 Å². The molecule has 7 nitrogen and oxygen atoms in total. The van der Waals surface area contributed by atoms with E-state index in [9.17, 15) is 4.79 Å². The molecule has 0 aromatic heterocycles. The Hall–Kier alpha value is -1.39. The van der Waals surface area contributed by atoms with Crippen LogP contribution in [0.4, 0.5) is 0 Å². The summed E-state index contributed by atoms with van der Waals surface area (Å²) in [5.74, 6) is 1.41. The van der Waals surface area contributed by atoms with Crippen LogP contribution in [0.5, 0.6) is 0 Å². The van der Waals surface area contributed by atoms with Gasteiger partial charge in [0.25, 0.3) is 0 Å². The SMILES string of the molecule is CCCCOCCOCCNC(=NC)NCC(=O)N1CCC(Cc2ccccc2)CC1.I. The largest absolute Gasteiger partial charge is 0.379 e. The first kappa shape index (κ1) is 28.6. The van der Waals surface area contributed by atoms with Crippen molar-refractivity contribution in [3.8, 4) is 0 Å². The maximum Gasteiger partial charge on any atom is 0.241 e. The van der Waals surface area contributed by atoms with Crippen LogP contribution in [0.1, 0.15) is 38.2 Å². The van der Waals surface area contributed by atoms with Gasteiger partial charge in [0.2, 0.25) is 5.91 Å². The Kier molecular flexibility index (Phi) is 16.2. The van der Waals surface area contributed by atoms with Crippen LogP contribution >= 0.6 is 24.0 Å². The number of hydrogen-bond donors (Lipinski definition) is 2. The number of ether oxygens (including phenoxy) is 2. The second-order valence-electron chi connectivity index (χ2n) is 7.94. The molecule has 2 N–H and O–H groups in total. The van der Waals surface area contributed by atoms with Crippen molar-refractivity contribution in [2.45, 2.75) is 39.0 Å². The molecule has 1 amide bonds. The molecule has 0 spiro atoms. The number of guanidine groups is 1. The third-order valence-corrected chi connectivity index (χ3v) is 5.52. The van der Waals surface area contributed by atoms with Crippen LogP contribution in [0.25, 0.3) is 0 Å². The van der Waals surface area contributed by atoms with E-state index in [0.717, 1.165) is 51.8 Å². The lowest BCUT2D eigenvalue weighted by molar-refractivity contribution is -0.131. The van der Waals surface area contributed by atoms with Crippen molar-refractivity contribution >= 4 is 35.8 Å². The van der Waals surface area contributed by atoms with Gasteiger partial charge in [0.15, 0.2) is 5.96 Å². The predicted octanol–water partition coefficient (Wildman–Crippen LogP) is 3.08. The molecule has 1 aliphatic heterocycles. The molecular formula is C24H41IN4O3. The van der Waals surface area contributed by atoms with E-state index in [-0.39, 0.29) is 36.4 Å². The summed E-state index contributed by atoms with van der Waals surface area (Å²) >= 11 is 0. The minimum Gasteiger partial charge on any atom is -0.379 e.